The van der Waals surface area contributed by atoms with Crippen LogP contribution in [0, 0.1) is 22.9 Å². The van der Waals surface area contributed by atoms with Crippen LogP contribution in [-0.2, 0) is 0 Å². The number of aliphatic hydroxyl groups is 1. The van der Waals surface area contributed by atoms with Crippen LogP contribution in [0.1, 0.15) is 31.2 Å². The minimum absolute atomic E-state index is 0.249. The van der Waals surface area contributed by atoms with Crippen LogP contribution in [0.3, 0.4) is 0 Å². The molecular formula is C13H17FN2O3. The Kier molecular flexibility index (Phi) is 3.71. The Morgan fingerprint density at radius 2 is 2.11 bits per heavy atom. The van der Waals surface area contributed by atoms with Gasteiger partial charge >= 0.3 is 0 Å². The van der Waals surface area contributed by atoms with Crippen molar-refractivity contribution >= 4 is 11.4 Å². The lowest BCUT2D eigenvalue weighted by Crippen LogP contribution is -2.33. The van der Waals surface area contributed by atoms with E-state index in [1.165, 1.54) is 6.07 Å². The molecule has 1 fully saturated rings. The first-order chi connectivity index (χ1) is 8.91. The number of rotatable bonds is 4. The van der Waals surface area contributed by atoms with Crippen LogP contribution in [0.25, 0.3) is 0 Å². The minimum Gasteiger partial charge on any atom is -0.388 e. The van der Waals surface area contributed by atoms with Gasteiger partial charge in [-0.15, -0.1) is 0 Å². The molecule has 1 aromatic rings. The van der Waals surface area contributed by atoms with Gasteiger partial charge in [0.25, 0.3) is 5.69 Å². The summed E-state index contributed by atoms with van der Waals surface area (Å²) in [5.41, 5.74) is -0.517. The van der Waals surface area contributed by atoms with Crippen LogP contribution < -0.4 is 5.32 Å². The SMILES string of the molecule is Cc1cc(NCC2(O)CCCC2)c([N+](=O)[O-])cc1F. The average Bonchev–Trinajstić information content (AvgIpc) is 2.77. The van der Waals surface area contributed by atoms with Gasteiger partial charge in [-0.2, -0.15) is 0 Å². The predicted molar refractivity (Wildman–Crippen MR) is 69.7 cm³/mol. The first kappa shape index (κ1) is 13.7. The fourth-order valence-corrected chi connectivity index (χ4v) is 2.43. The number of benzene rings is 1. The second kappa shape index (κ2) is 5.13. The first-order valence-corrected chi connectivity index (χ1v) is 6.32. The average molecular weight is 268 g/mol. The van der Waals surface area contributed by atoms with Gasteiger partial charge in [-0.3, -0.25) is 10.1 Å². The highest BCUT2D eigenvalue weighted by atomic mass is 19.1. The highest BCUT2D eigenvalue weighted by Gasteiger charge is 2.31. The van der Waals surface area contributed by atoms with Crippen molar-refractivity contribution in [1.29, 1.82) is 0 Å². The number of nitro groups is 1. The summed E-state index contributed by atoms with van der Waals surface area (Å²) in [5.74, 6) is -0.600. The standard InChI is InChI=1S/C13H17FN2O3/c1-9-6-11(12(16(18)19)7-10(9)14)15-8-13(17)4-2-3-5-13/h6-7,15,17H,2-5,8H2,1H3. The Hall–Kier alpha value is -1.69. The van der Waals surface area contributed by atoms with Crippen LogP contribution in [0.4, 0.5) is 15.8 Å². The van der Waals surface area contributed by atoms with Crippen LogP contribution in [0.5, 0.6) is 0 Å². The molecule has 0 unspecified atom stereocenters. The summed E-state index contributed by atoms with van der Waals surface area (Å²) in [7, 11) is 0. The molecule has 1 saturated carbocycles. The maximum absolute atomic E-state index is 13.4. The van der Waals surface area contributed by atoms with Crippen molar-refractivity contribution < 1.29 is 14.4 Å². The molecule has 0 spiro atoms. The summed E-state index contributed by atoms with van der Waals surface area (Å²) < 4.78 is 13.4. The molecule has 0 bridgehead atoms. The molecule has 1 aliphatic carbocycles. The van der Waals surface area contributed by atoms with Crippen molar-refractivity contribution in [2.24, 2.45) is 0 Å². The predicted octanol–water partition coefficient (Wildman–Crippen LogP) is 2.76. The molecule has 1 aromatic carbocycles. The molecule has 0 amide bonds. The molecule has 0 aromatic heterocycles. The Morgan fingerprint density at radius 3 is 2.68 bits per heavy atom. The lowest BCUT2D eigenvalue weighted by Gasteiger charge is -2.23. The summed E-state index contributed by atoms with van der Waals surface area (Å²) in [4.78, 5) is 10.3. The van der Waals surface area contributed by atoms with Crippen LogP contribution in [0.15, 0.2) is 12.1 Å². The van der Waals surface area contributed by atoms with Gasteiger partial charge in [0.15, 0.2) is 0 Å². The highest BCUT2D eigenvalue weighted by Crippen LogP contribution is 2.32. The van der Waals surface area contributed by atoms with E-state index in [2.05, 4.69) is 5.32 Å². The molecule has 0 atom stereocenters. The second-order valence-electron chi connectivity index (χ2n) is 5.16. The number of hydrogen-bond acceptors (Lipinski definition) is 4. The van der Waals surface area contributed by atoms with Crippen LogP contribution >= 0.6 is 0 Å². The molecule has 2 N–H and O–H groups in total. The number of hydrogen-bond donors (Lipinski definition) is 2. The van der Waals surface area contributed by atoms with Crippen molar-refractivity contribution in [3.8, 4) is 0 Å². The molecule has 0 aliphatic heterocycles. The summed E-state index contributed by atoms with van der Waals surface area (Å²) in [6.45, 7) is 1.80. The summed E-state index contributed by atoms with van der Waals surface area (Å²) >= 11 is 0. The number of aryl methyl sites for hydroxylation is 1. The third kappa shape index (κ3) is 3.01. The number of nitro benzene ring substituents is 1. The van der Waals surface area contributed by atoms with E-state index in [1.807, 2.05) is 0 Å². The number of halogens is 1. The Bertz CT molecular complexity index is 499. The lowest BCUT2D eigenvalue weighted by atomic mass is 10.0. The minimum atomic E-state index is -0.809. The van der Waals surface area contributed by atoms with Gasteiger partial charge in [0, 0.05) is 6.54 Å². The largest absolute Gasteiger partial charge is 0.388 e. The van der Waals surface area contributed by atoms with Crippen molar-refractivity contribution in [3.63, 3.8) is 0 Å². The maximum Gasteiger partial charge on any atom is 0.295 e. The summed E-state index contributed by atoms with van der Waals surface area (Å²) in [6, 6.07) is 2.32. The molecule has 2 rings (SSSR count). The van der Waals surface area contributed by atoms with E-state index in [1.54, 1.807) is 6.92 Å². The Labute approximate surface area is 110 Å². The topological polar surface area (TPSA) is 75.4 Å². The number of nitrogens with one attached hydrogen (secondary N) is 1. The van der Waals surface area contributed by atoms with Gasteiger partial charge < -0.3 is 10.4 Å². The highest BCUT2D eigenvalue weighted by molar-refractivity contribution is 5.63. The van der Waals surface area contributed by atoms with E-state index in [0.717, 1.165) is 18.9 Å². The molecular weight excluding hydrogens is 251 g/mol. The third-order valence-corrected chi connectivity index (χ3v) is 3.62. The molecule has 0 radical (unpaired) electrons. The monoisotopic (exact) mass is 268 g/mol. The first-order valence-electron chi connectivity index (χ1n) is 6.32. The molecule has 1 aliphatic rings. The maximum atomic E-state index is 13.4. The van der Waals surface area contributed by atoms with E-state index < -0.39 is 16.3 Å². The second-order valence-corrected chi connectivity index (χ2v) is 5.16. The Morgan fingerprint density at radius 1 is 1.47 bits per heavy atom. The fraction of sp³-hybridized carbons (Fsp3) is 0.538. The van der Waals surface area contributed by atoms with Gasteiger partial charge in [0.1, 0.15) is 11.5 Å². The van der Waals surface area contributed by atoms with Gasteiger partial charge in [0.2, 0.25) is 0 Å². The van der Waals surface area contributed by atoms with Crippen LogP contribution in [-0.4, -0.2) is 22.2 Å². The van der Waals surface area contributed by atoms with Crippen molar-refractivity contribution in [2.75, 3.05) is 11.9 Å². The van der Waals surface area contributed by atoms with E-state index in [4.69, 9.17) is 0 Å². The number of anilines is 1. The van der Waals surface area contributed by atoms with Crippen LogP contribution in [0.2, 0.25) is 0 Å². The zero-order valence-electron chi connectivity index (χ0n) is 10.8. The summed E-state index contributed by atoms with van der Waals surface area (Å²) in [5, 5.41) is 24.0. The fourth-order valence-electron chi connectivity index (χ4n) is 2.43. The molecule has 0 saturated heterocycles. The Balaban J connectivity index is 2.19. The van der Waals surface area contributed by atoms with Crippen molar-refractivity contribution in [2.45, 2.75) is 38.2 Å². The van der Waals surface area contributed by atoms with Crippen molar-refractivity contribution in [1.82, 2.24) is 0 Å². The quantitative estimate of drug-likeness (QED) is 0.650. The van der Waals surface area contributed by atoms with Crippen molar-refractivity contribution in [3.05, 3.63) is 33.6 Å². The molecule has 0 heterocycles. The third-order valence-electron chi connectivity index (χ3n) is 3.62. The molecule has 19 heavy (non-hydrogen) atoms. The van der Waals surface area contributed by atoms with E-state index >= 15 is 0 Å². The molecule has 6 heteroatoms. The van der Waals surface area contributed by atoms with E-state index in [9.17, 15) is 19.6 Å². The van der Waals surface area contributed by atoms with E-state index in [-0.39, 0.29) is 17.9 Å². The summed E-state index contributed by atoms with van der Waals surface area (Å²) in [6.07, 6.45) is 3.30. The zero-order valence-corrected chi connectivity index (χ0v) is 10.8. The number of nitrogens with zero attached hydrogens (tertiary/aromatic N) is 1. The van der Waals surface area contributed by atoms with E-state index in [0.29, 0.717) is 18.4 Å². The van der Waals surface area contributed by atoms with Gasteiger partial charge in [-0.1, -0.05) is 12.8 Å². The molecule has 104 valence electrons. The van der Waals surface area contributed by atoms with Gasteiger partial charge in [-0.05, 0) is 31.4 Å². The zero-order chi connectivity index (χ0) is 14.0. The lowest BCUT2D eigenvalue weighted by molar-refractivity contribution is -0.384. The smallest absolute Gasteiger partial charge is 0.295 e. The van der Waals surface area contributed by atoms with Gasteiger partial charge in [0.05, 0.1) is 16.6 Å². The molecule has 5 nitrogen and oxygen atoms in total. The van der Waals surface area contributed by atoms with Gasteiger partial charge in [-0.25, -0.2) is 4.39 Å². The normalized spacial score (nSPS) is 17.4.